The van der Waals surface area contributed by atoms with Gasteiger partial charge in [0.15, 0.2) is 0 Å². The molecule has 0 aromatic carbocycles. The predicted octanol–water partition coefficient (Wildman–Crippen LogP) is 2.05. The number of carbonyl (C=O) groups is 1. The molecule has 0 saturated heterocycles. The largest absolute Gasteiger partial charge is 0.387 e. The van der Waals surface area contributed by atoms with E-state index in [-0.39, 0.29) is 5.91 Å². The molecule has 0 aliphatic carbocycles. The van der Waals surface area contributed by atoms with Gasteiger partial charge in [0.25, 0.3) is 5.91 Å². The zero-order chi connectivity index (χ0) is 9.68. The van der Waals surface area contributed by atoms with Gasteiger partial charge in [0.2, 0.25) is 0 Å². The van der Waals surface area contributed by atoms with Crippen LogP contribution in [0.25, 0.3) is 0 Å². The zero-order valence-electron chi connectivity index (χ0n) is 7.49. The third-order valence-corrected chi connectivity index (χ3v) is 2.20. The molecule has 2 N–H and O–H groups in total. The molecule has 0 aliphatic heterocycles. The third-order valence-electron chi connectivity index (χ3n) is 1.52. The van der Waals surface area contributed by atoms with E-state index >= 15 is 0 Å². The summed E-state index contributed by atoms with van der Waals surface area (Å²) < 4.78 is 0. The lowest BCUT2D eigenvalue weighted by Crippen LogP contribution is -2.13. The van der Waals surface area contributed by atoms with Gasteiger partial charge in [0, 0.05) is 11.8 Å². The van der Waals surface area contributed by atoms with Crippen LogP contribution in [-0.2, 0) is 0 Å². The number of hydrogen-bond donors (Lipinski definition) is 1. The Kier molecular flexibility index (Phi) is 3.64. The molecule has 1 aromatic rings. The van der Waals surface area contributed by atoms with Crippen LogP contribution in [-0.4, -0.2) is 11.7 Å². The predicted molar refractivity (Wildman–Crippen MR) is 55.2 cm³/mol. The molecule has 0 atom stereocenters. The number of rotatable bonds is 3. The first-order chi connectivity index (χ1) is 6.24. The first kappa shape index (κ1) is 9.92. The van der Waals surface area contributed by atoms with Crippen LogP contribution in [0.3, 0.4) is 0 Å². The van der Waals surface area contributed by atoms with Crippen LogP contribution in [0.5, 0.6) is 0 Å². The van der Waals surface area contributed by atoms with Crippen molar-refractivity contribution in [3.05, 3.63) is 22.4 Å². The Bertz CT molecular complexity index is 303. The first-order valence-electron chi connectivity index (χ1n) is 4.13. The molecule has 4 heteroatoms. The van der Waals surface area contributed by atoms with E-state index in [1.165, 1.54) is 11.3 Å². The SMILES string of the molecule is CCCC(N)=NC(=O)c1ccsc1. The number of amidine groups is 1. The standard InChI is InChI=1S/C9H12N2OS/c1-2-3-8(10)11-9(12)7-4-5-13-6-7/h4-6H,2-3H2,1H3,(H2,10,11,12). The van der Waals surface area contributed by atoms with Crippen LogP contribution in [0.2, 0.25) is 0 Å². The van der Waals surface area contributed by atoms with Gasteiger partial charge in [-0.2, -0.15) is 16.3 Å². The summed E-state index contributed by atoms with van der Waals surface area (Å²) in [4.78, 5) is 15.1. The van der Waals surface area contributed by atoms with E-state index in [1.54, 1.807) is 11.4 Å². The Morgan fingerprint density at radius 1 is 1.69 bits per heavy atom. The monoisotopic (exact) mass is 196 g/mol. The van der Waals surface area contributed by atoms with Crippen LogP contribution in [0.15, 0.2) is 21.8 Å². The van der Waals surface area contributed by atoms with Crippen LogP contribution < -0.4 is 5.73 Å². The molecule has 0 bridgehead atoms. The molecule has 1 amide bonds. The van der Waals surface area contributed by atoms with Crippen molar-refractivity contribution < 1.29 is 4.79 Å². The van der Waals surface area contributed by atoms with Gasteiger partial charge in [-0.3, -0.25) is 4.79 Å². The molecule has 1 heterocycles. The van der Waals surface area contributed by atoms with Gasteiger partial charge in [0.1, 0.15) is 5.84 Å². The second-order valence-corrected chi connectivity index (χ2v) is 3.45. The molecular weight excluding hydrogens is 184 g/mol. The summed E-state index contributed by atoms with van der Waals surface area (Å²) in [6.45, 7) is 2.00. The number of hydrogen-bond acceptors (Lipinski definition) is 2. The van der Waals surface area contributed by atoms with E-state index in [4.69, 9.17) is 5.73 Å². The minimum absolute atomic E-state index is 0.243. The summed E-state index contributed by atoms with van der Waals surface area (Å²) >= 11 is 1.48. The Morgan fingerprint density at radius 2 is 2.46 bits per heavy atom. The third kappa shape index (κ3) is 2.99. The van der Waals surface area contributed by atoms with Crippen molar-refractivity contribution in [3.8, 4) is 0 Å². The average Bonchev–Trinajstić information content (AvgIpc) is 2.55. The summed E-state index contributed by atoms with van der Waals surface area (Å²) in [7, 11) is 0. The molecular formula is C9H12N2OS. The molecule has 0 unspecified atom stereocenters. The van der Waals surface area contributed by atoms with E-state index in [0.29, 0.717) is 17.8 Å². The fraction of sp³-hybridized carbons (Fsp3) is 0.333. The lowest BCUT2D eigenvalue weighted by molar-refractivity contribution is 0.100. The maximum atomic E-state index is 11.3. The Hall–Kier alpha value is -1.16. The van der Waals surface area contributed by atoms with Gasteiger partial charge in [-0.1, -0.05) is 6.92 Å². The summed E-state index contributed by atoms with van der Waals surface area (Å²) in [6.07, 6.45) is 1.59. The quantitative estimate of drug-likeness (QED) is 0.594. The molecule has 0 saturated carbocycles. The van der Waals surface area contributed by atoms with Gasteiger partial charge in [-0.05, 0) is 17.9 Å². The van der Waals surface area contributed by atoms with Crippen molar-refractivity contribution in [1.82, 2.24) is 0 Å². The second kappa shape index (κ2) is 4.77. The topological polar surface area (TPSA) is 55.4 Å². The molecule has 1 rings (SSSR count). The highest BCUT2D eigenvalue weighted by molar-refractivity contribution is 7.08. The Morgan fingerprint density at radius 3 is 3.00 bits per heavy atom. The van der Waals surface area contributed by atoms with Crippen molar-refractivity contribution in [1.29, 1.82) is 0 Å². The van der Waals surface area contributed by atoms with Gasteiger partial charge in [0.05, 0.1) is 5.56 Å². The molecule has 1 aromatic heterocycles. The van der Waals surface area contributed by atoms with Gasteiger partial charge in [-0.25, -0.2) is 0 Å². The number of aliphatic imine (C=N–C) groups is 1. The summed E-state index contributed by atoms with van der Waals surface area (Å²) in [6, 6.07) is 1.75. The summed E-state index contributed by atoms with van der Waals surface area (Å²) in [5.41, 5.74) is 6.14. The minimum Gasteiger partial charge on any atom is -0.387 e. The number of nitrogens with two attached hydrogens (primary N) is 1. The molecule has 13 heavy (non-hydrogen) atoms. The van der Waals surface area contributed by atoms with E-state index in [0.717, 1.165) is 6.42 Å². The van der Waals surface area contributed by atoms with E-state index in [1.807, 2.05) is 12.3 Å². The lowest BCUT2D eigenvalue weighted by atomic mass is 10.3. The molecule has 0 radical (unpaired) electrons. The normalized spacial score (nSPS) is 11.6. The number of amides is 1. The average molecular weight is 196 g/mol. The van der Waals surface area contributed by atoms with Crippen molar-refractivity contribution in [2.24, 2.45) is 10.7 Å². The van der Waals surface area contributed by atoms with Crippen molar-refractivity contribution in [2.75, 3.05) is 0 Å². The molecule has 0 aliphatic rings. The van der Waals surface area contributed by atoms with E-state index < -0.39 is 0 Å². The highest BCUT2D eigenvalue weighted by Gasteiger charge is 2.04. The van der Waals surface area contributed by atoms with Crippen molar-refractivity contribution >= 4 is 23.1 Å². The van der Waals surface area contributed by atoms with Crippen LogP contribution in [0, 0.1) is 0 Å². The van der Waals surface area contributed by atoms with Gasteiger partial charge >= 0.3 is 0 Å². The summed E-state index contributed by atoms with van der Waals surface area (Å²) in [5, 5.41) is 3.61. The number of thiophene rings is 1. The molecule has 0 spiro atoms. The Labute approximate surface area is 81.3 Å². The maximum Gasteiger partial charge on any atom is 0.279 e. The second-order valence-electron chi connectivity index (χ2n) is 2.67. The number of carbonyl (C=O) groups excluding carboxylic acids is 1. The fourth-order valence-corrected chi connectivity index (χ4v) is 1.52. The number of nitrogens with zero attached hydrogens (tertiary/aromatic N) is 1. The van der Waals surface area contributed by atoms with E-state index in [2.05, 4.69) is 4.99 Å². The van der Waals surface area contributed by atoms with E-state index in [9.17, 15) is 4.79 Å². The molecule has 3 nitrogen and oxygen atoms in total. The minimum atomic E-state index is -0.243. The van der Waals surface area contributed by atoms with Gasteiger partial charge < -0.3 is 5.73 Å². The van der Waals surface area contributed by atoms with Gasteiger partial charge in [-0.15, -0.1) is 0 Å². The zero-order valence-corrected chi connectivity index (χ0v) is 8.30. The fourth-order valence-electron chi connectivity index (χ4n) is 0.893. The highest BCUT2D eigenvalue weighted by atomic mass is 32.1. The van der Waals surface area contributed by atoms with Crippen LogP contribution in [0.1, 0.15) is 30.1 Å². The van der Waals surface area contributed by atoms with Crippen LogP contribution in [0.4, 0.5) is 0 Å². The molecule has 0 fully saturated rings. The highest BCUT2D eigenvalue weighted by Crippen LogP contribution is 2.07. The first-order valence-corrected chi connectivity index (χ1v) is 5.08. The molecule has 70 valence electrons. The van der Waals surface area contributed by atoms with Crippen molar-refractivity contribution in [2.45, 2.75) is 19.8 Å². The lowest BCUT2D eigenvalue weighted by Gasteiger charge is -1.95. The Balaban J connectivity index is 2.65. The smallest absolute Gasteiger partial charge is 0.279 e. The van der Waals surface area contributed by atoms with Crippen LogP contribution >= 0.6 is 11.3 Å². The maximum absolute atomic E-state index is 11.3. The summed E-state index contributed by atoms with van der Waals surface area (Å²) in [5.74, 6) is 0.172. The van der Waals surface area contributed by atoms with Crippen molar-refractivity contribution in [3.63, 3.8) is 0 Å².